The molecule has 2 amide bonds. The molecule has 1 aromatic heterocycles. The quantitative estimate of drug-likeness (QED) is 0.270. The molecule has 6 rings (SSSR count). The SMILES string of the molecule is O=C1[C@H]2[C@H](c3cc(Br)ccc3OCc3cccc(Cl)c3)c3sc(=O)[nH]c3S[C@H]2C(=O)N1c1ccccc1. The summed E-state index contributed by atoms with van der Waals surface area (Å²) in [5.41, 5.74) is 2.17. The molecule has 4 aromatic rings. The molecular formula is C27H18BrClN2O4S2. The highest BCUT2D eigenvalue weighted by Gasteiger charge is 2.56. The number of fused-ring (bicyclic) bond motifs is 2. The fourth-order valence-electron chi connectivity index (χ4n) is 4.87. The van der Waals surface area contributed by atoms with Gasteiger partial charge in [0.05, 0.1) is 16.6 Å². The number of para-hydroxylation sites is 1. The minimum Gasteiger partial charge on any atom is -0.489 e. The van der Waals surface area contributed by atoms with Gasteiger partial charge in [-0.3, -0.25) is 14.4 Å². The number of carbonyl (C=O) groups excluding carboxylic acids is 2. The number of hydrogen-bond donors (Lipinski definition) is 1. The van der Waals surface area contributed by atoms with E-state index in [1.807, 2.05) is 42.5 Å². The van der Waals surface area contributed by atoms with Crippen molar-refractivity contribution in [3.05, 3.63) is 108 Å². The summed E-state index contributed by atoms with van der Waals surface area (Å²) in [6, 6.07) is 22.0. The fourth-order valence-corrected chi connectivity index (χ4v) is 7.96. The van der Waals surface area contributed by atoms with E-state index in [-0.39, 0.29) is 23.3 Å². The van der Waals surface area contributed by atoms with Crippen LogP contribution in [0.25, 0.3) is 0 Å². The second kappa shape index (κ2) is 9.79. The number of thioether (sulfide) groups is 1. The third-order valence-corrected chi connectivity index (χ3v) is 9.56. The van der Waals surface area contributed by atoms with Crippen LogP contribution in [0, 0.1) is 5.92 Å². The van der Waals surface area contributed by atoms with E-state index >= 15 is 0 Å². The number of aromatic nitrogens is 1. The summed E-state index contributed by atoms with van der Waals surface area (Å²) in [6.07, 6.45) is 0. The van der Waals surface area contributed by atoms with Crippen LogP contribution in [0.5, 0.6) is 5.75 Å². The summed E-state index contributed by atoms with van der Waals surface area (Å²) < 4.78 is 7.05. The van der Waals surface area contributed by atoms with Gasteiger partial charge in [0, 0.05) is 25.9 Å². The number of nitrogens with zero attached hydrogens (tertiary/aromatic N) is 1. The molecule has 0 bridgehead atoms. The molecule has 0 unspecified atom stereocenters. The van der Waals surface area contributed by atoms with E-state index in [4.69, 9.17) is 16.3 Å². The normalized spacial score (nSPS) is 20.6. The molecule has 1 N–H and O–H groups in total. The smallest absolute Gasteiger partial charge is 0.305 e. The Hall–Kier alpha value is -2.85. The van der Waals surface area contributed by atoms with Crippen molar-refractivity contribution in [2.24, 2.45) is 5.92 Å². The highest BCUT2D eigenvalue weighted by atomic mass is 79.9. The molecule has 1 saturated heterocycles. The first-order chi connectivity index (χ1) is 17.9. The van der Waals surface area contributed by atoms with Crippen LogP contribution in [-0.4, -0.2) is 22.0 Å². The highest BCUT2D eigenvalue weighted by molar-refractivity contribution is 9.10. The Morgan fingerprint density at radius 2 is 1.78 bits per heavy atom. The van der Waals surface area contributed by atoms with Crippen molar-refractivity contribution in [3.8, 4) is 5.75 Å². The number of benzene rings is 3. The second-order valence-corrected chi connectivity index (χ2v) is 12.2. The summed E-state index contributed by atoms with van der Waals surface area (Å²) in [5, 5.41) is 0.565. The van der Waals surface area contributed by atoms with Crippen molar-refractivity contribution < 1.29 is 14.3 Å². The van der Waals surface area contributed by atoms with Gasteiger partial charge in [-0.05, 0) is 48.0 Å². The Bertz CT molecular complexity index is 1590. The monoisotopic (exact) mass is 612 g/mol. The number of carbonyl (C=O) groups is 2. The summed E-state index contributed by atoms with van der Waals surface area (Å²) in [6.45, 7) is 0.268. The third-order valence-electron chi connectivity index (χ3n) is 6.43. The van der Waals surface area contributed by atoms with Crippen LogP contribution in [0.15, 0.2) is 87.1 Å². The van der Waals surface area contributed by atoms with Crippen molar-refractivity contribution in [1.29, 1.82) is 0 Å². The molecular weight excluding hydrogens is 596 g/mol. The maximum absolute atomic E-state index is 13.9. The van der Waals surface area contributed by atoms with E-state index in [1.54, 1.807) is 30.3 Å². The zero-order chi connectivity index (χ0) is 25.7. The van der Waals surface area contributed by atoms with Crippen molar-refractivity contribution in [2.75, 3.05) is 4.90 Å². The lowest BCUT2D eigenvalue weighted by atomic mass is 9.82. The Balaban J connectivity index is 1.45. The number of H-pyrrole nitrogens is 1. The van der Waals surface area contributed by atoms with E-state index in [0.29, 0.717) is 21.5 Å². The van der Waals surface area contributed by atoms with Gasteiger partial charge in [0.25, 0.3) is 0 Å². The molecule has 2 aliphatic heterocycles. The number of amides is 2. The molecule has 3 atom stereocenters. The van der Waals surface area contributed by atoms with Crippen LogP contribution < -0.4 is 14.5 Å². The Morgan fingerprint density at radius 3 is 2.57 bits per heavy atom. The van der Waals surface area contributed by atoms with Gasteiger partial charge >= 0.3 is 4.87 Å². The van der Waals surface area contributed by atoms with E-state index in [1.165, 1.54) is 16.7 Å². The van der Waals surface area contributed by atoms with Crippen LogP contribution in [0.3, 0.4) is 0 Å². The van der Waals surface area contributed by atoms with E-state index in [2.05, 4.69) is 20.9 Å². The standard InChI is InChI=1S/C27H18BrClN2O4S2/c28-15-9-10-19(35-13-14-5-4-6-16(29)11-14)18(12-15)20-21-23(36-24-22(20)37-27(34)30-24)26(33)31(25(21)32)17-7-2-1-3-8-17/h1-12,20-21,23H,13H2,(H,30,34)/t20-,21-,23+/m0/s1. The zero-order valence-corrected chi connectivity index (χ0v) is 23.0. The van der Waals surface area contributed by atoms with Gasteiger partial charge in [0.1, 0.15) is 17.6 Å². The number of aromatic amines is 1. The molecule has 186 valence electrons. The predicted molar refractivity (Wildman–Crippen MR) is 149 cm³/mol. The van der Waals surface area contributed by atoms with E-state index in [9.17, 15) is 14.4 Å². The van der Waals surface area contributed by atoms with Gasteiger partial charge in [-0.25, -0.2) is 4.90 Å². The van der Waals surface area contributed by atoms with Crippen molar-refractivity contribution >= 4 is 68.1 Å². The maximum Gasteiger partial charge on any atom is 0.305 e. The van der Waals surface area contributed by atoms with Crippen LogP contribution in [0.1, 0.15) is 21.9 Å². The van der Waals surface area contributed by atoms with Gasteiger partial charge in [-0.15, -0.1) is 0 Å². The lowest BCUT2D eigenvalue weighted by molar-refractivity contribution is -0.122. The van der Waals surface area contributed by atoms with Crippen molar-refractivity contribution in [2.45, 2.75) is 22.8 Å². The lowest BCUT2D eigenvalue weighted by Gasteiger charge is -2.31. The third kappa shape index (κ3) is 4.44. The molecule has 2 aliphatic rings. The molecule has 0 saturated carbocycles. The highest BCUT2D eigenvalue weighted by Crippen LogP contribution is 2.54. The number of anilines is 1. The predicted octanol–water partition coefficient (Wildman–Crippen LogP) is 6.23. The van der Waals surface area contributed by atoms with Gasteiger partial charge < -0.3 is 9.72 Å². The largest absolute Gasteiger partial charge is 0.489 e. The molecule has 1 fully saturated rings. The molecule has 37 heavy (non-hydrogen) atoms. The molecule has 0 spiro atoms. The van der Waals surface area contributed by atoms with Crippen LogP contribution in [0.4, 0.5) is 5.69 Å². The zero-order valence-electron chi connectivity index (χ0n) is 19.0. The lowest BCUT2D eigenvalue weighted by Crippen LogP contribution is -2.32. The first kappa shape index (κ1) is 24.5. The number of hydrogen-bond acceptors (Lipinski definition) is 6. The molecule has 10 heteroatoms. The molecule has 0 aliphatic carbocycles. The van der Waals surface area contributed by atoms with Gasteiger partial charge in [0.2, 0.25) is 11.8 Å². The number of ether oxygens (including phenoxy) is 1. The number of nitrogens with one attached hydrogen (secondary N) is 1. The first-order valence-electron chi connectivity index (χ1n) is 11.4. The Morgan fingerprint density at radius 1 is 0.973 bits per heavy atom. The Kier molecular flexibility index (Phi) is 6.48. The summed E-state index contributed by atoms with van der Waals surface area (Å²) >= 11 is 12.0. The molecule has 0 radical (unpaired) electrons. The fraction of sp³-hybridized carbons (Fsp3) is 0.148. The van der Waals surface area contributed by atoms with Crippen LogP contribution >= 0.6 is 50.6 Å². The van der Waals surface area contributed by atoms with Crippen molar-refractivity contribution in [3.63, 3.8) is 0 Å². The minimum absolute atomic E-state index is 0.223. The van der Waals surface area contributed by atoms with E-state index in [0.717, 1.165) is 31.8 Å². The summed E-state index contributed by atoms with van der Waals surface area (Å²) in [4.78, 5) is 44.6. The molecule has 3 aromatic carbocycles. The van der Waals surface area contributed by atoms with Crippen molar-refractivity contribution in [1.82, 2.24) is 4.98 Å². The number of thiazole rings is 1. The number of halogens is 2. The summed E-state index contributed by atoms with van der Waals surface area (Å²) in [5.74, 6) is -1.23. The van der Waals surface area contributed by atoms with E-state index < -0.39 is 17.1 Å². The summed E-state index contributed by atoms with van der Waals surface area (Å²) in [7, 11) is 0. The van der Waals surface area contributed by atoms with Gasteiger partial charge in [-0.1, -0.05) is 81.0 Å². The first-order valence-corrected chi connectivity index (χ1v) is 14.3. The minimum atomic E-state index is -0.695. The topological polar surface area (TPSA) is 79.5 Å². The van der Waals surface area contributed by atoms with Gasteiger partial charge in [0.15, 0.2) is 0 Å². The second-order valence-electron chi connectivity index (χ2n) is 8.70. The molecule has 3 heterocycles. The number of imide groups is 1. The van der Waals surface area contributed by atoms with Crippen LogP contribution in [0.2, 0.25) is 5.02 Å². The average molecular weight is 614 g/mol. The van der Waals surface area contributed by atoms with Crippen LogP contribution in [-0.2, 0) is 16.2 Å². The van der Waals surface area contributed by atoms with Gasteiger partial charge in [-0.2, -0.15) is 0 Å². The Labute approximate surface area is 233 Å². The average Bonchev–Trinajstić information content (AvgIpc) is 3.38. The maximum atomic E-state index is 13.9. The molecule has 6 nitrogen and oxygen atoms in total. The number of rotatable bonds is 5.